The first-order chi connectivity index (χ1) is 14.9. The van der Waals surface area contributed by atoms with E-state index in [-0.39, 0.29) is 0 Å². The molecule has 2 N–H and O–H groups in total. The molecule has 0 saturated carbocycles. The Morgan fingerprint density at radius 2 is 1.81 bits per heavy atom. The van der Waals surface area contributed by atoms with Crippen molar-refractivity contribution in [1.82, 2.24) is 19.4 Å². The number of aromatic nitrogens is 2. The maximum absolute atomic E-state index is 9.55. The molecule has 0 spiro atoms. The Bertz CT molecular complexity index is 923. The smallest absolute Gasteiger partial charge is 0.328 e. The van der Waals surface area contributed by atoms with Crippen molar-refractivity contribution in [3.8, 4) is 12.3 Å². The van der Waals surface area contributed by atoms with Crippen LogP contribution in [0.15, 0.2) is 36.4 Å². The molecule has 1 fully saturated rings. The highest BCUT2D eigenvalue weighted by Gasteiger charge is 2.18. The van der Waals surface area contributed by atoms with Gasteiger partial charge in [0.25, 0.3) is 0 Å². The lowest BCUT2D eigenvalue weighted by molar-refractivity contribution is -0.134. The third-order valence-corrected chi connectivity index (χ3v) is 4.71. The van der Waals surface area contributed by atoms with E-state index in [4.69, 9.17) is 26.4 Å². The van der Waals surface area contributed by atoms with Gasteiger partial charge in [0.1, 0.15) is 12.4 Å². The van der Waals surface area contributed by atoms with Gasteiger partial charge in [0.2, 0.25) is 0 Å². The molecule has 1 aliphatic rings. The highest BCUT2D eigenvalue weighted by Crippen LogP contribution is 2.18. The molecule has 31 heavy (non-hydrogen) atoms. The van der Waals surface area contributed by atoms with Gasteiger partial charge in [0, 0.05) is 44.9 Å². The summed E-state index contributed by atoms with van der Waals surface area (Å²) in [6.45, 7) is 7.06. The number of likely N-dealkylation sites (N-methyl/N-ethyl adjacent to an activating group) is 1. The molecule has 2 aromatic rings. The van der Waals surface area contributed by atoms with E-state index in [1.165, 1.54) is 5.52 Å². The highest BCUT2D eigenvalue weighted by atomic mass is 16.5. The van der Waals surface area contributed by atoms with E-state index < -0.39 is 11.9 Å². The van der Waals surface area contributed by atoms with Crippen LogP contribution in [0.1, 0.15) is 5.82 Å². The lowest BCUT2D eigenvalue weighted by Gasteiger charge is -2.32. The number of carboxylic acid groups (broad SMARTS) is 2. The van der Waals surface area contributed by atoms with Crippen LogP contribution in [0.3, 0.4) is 0 Å². The van der Waals surface area contributed by atoms with Crippen LogP contribution in [-0.4, -0.2) is 87.9 Å². The first-order valence-electron chi connectivity index (χ1n) is 9.91. The van der Waals surface area contributed by atoms with E-state index in [0.29, 0.717) is 25.4 Å². The molecule has 2 heterocycles. The van der Waals surface area contributed by atoms with Gasteiger partial charge in [-0.05, 0) is 19.2 Å². The summed E-state index contributed by atoms with van der Waals surface area (Å²) in [6.07, 6.45) is 6.35. The minimum absolute atomic E-state index is 0.362. The van der Waals surface area contributed by atoms with Gasteiger partial charge < -0.3 is 24.4 Å². The number of carbonyl (C=O) groups is 2. The van der Waals surface area contributed by atoms with Gasteiger partial charge in [0.05, 0.1) is 24.2 Å². The van der Waals surface area contributed by atoms with E-state index in [0.717, 1.165) is 50.6 Å². The van der Waals surface area contributed by atoms with E-state index in [1.807, 2.05) is 6.07 Å². The van der Waals surface area contributed by atoms with Gasteiger partial charge in [-0.25, -0.2) is 14.6 Å². The molecule has 0 radical (unpaired) electrons. The first kappa shape index (κ1) is 24.1. The topological polar surface area (TPSA) is 108 Å². The quantitative estimate of drug-likeness (QED) is 0.366. The van der Waals surface area contributed by atoms with Crippen LogP contribution < -0.4 is 0 Å². The summed E-state index contributed by atoms with van der Waals surface area (Å²) in [6, 6.07) is 8.29. The number of terminal acetylenes is 1. The second-order valence-electron chi connectivity index (χ2n) is 7.01. The molecular formula is C22H28N4O5. The molecule has 0 atom stereocenters. The lowest BCUT2D eigenvalue weighted by atomic mass is 10.3. The van der Waals surface area contributed by atoms with Crippen molar-refractivity contribution in [3.63, 3.8) is 0 Å². The van der Waals surface area contributed by atoms with E-state index in [9.17, 15) is 9.59 Å². The molecule has 0 aliphatic carbocycles. The fourth-order valence-electron chi connectivity index (χ4n) is 3.13. The molecule has 0 unspecified atom stereocenters. The average molecular weight is 428 g/mol. The minimum Gasteiger partial charge on any atom is -0.478 e. The van der Waals surface area contributed by atoms with Crippen molar-refractivity contribution in [2.75, 3.05) is 46.4 Å². The fourth-order valence-corrected chi connectivity index (χ4v) is 3.13. The van der Waals surface area contributed by atoms with Gasteiger partial charge in [-0.15, -0.1) is 6.42 Å². The Kier molecular flexibility index (Phi) is 9.71. The molecule has 3 rings (SSSR count). The zero-order valence-electron chi connectivity index (χ0n) is 17.6. The number of ether oxygens (including phenoxy) is 1. The number of imidazole rings is 1. The van der Waals surface area contributed by atoms with Gasteiger partial charge in [-0.2, -0.15) is 0 Å². The molecule has 9 heteroatoms. The predicted molar refractivity (Wildman–Crippen MR) is 117 cm³/mol. The number of aliphatic carboxylic acids is 2. The third-order valence-electron chi connectivity index (χ3n) is 4.71. The third kappa shape index (κ3) is 8.22. The summed E-state index contributed by atoms with van der Waals surface area (Å²) < 4.78 is 7.73. The van der Waals surface area contributed by atoms with E-state index in [1.54, 1.807) is 0 Å². The summed E-state index contributed by atoms with van der Waals surface area (Å²) in [4.78, 5) is 28.8. The molecule has 9 nitrogen and oxygen atoms in total. The van der Waals surface area contributed by atoms with Gasteiger partial charge in [-0.1, -0.05) is 18.1 Å². The van der Waals surface area contributed by atoms with Crippen LogP contribution in [0.2, 0.25) is 0 Å². The number of piperazine rings is 1. The van der Waals surface area contributed by atoms with Crippen LogP contribution in [-0.2, 0) is 27.4 Å². The largest absolute Gasteiger partial charge is 0.478 e. The van der Waals surface area contributed by atoms with Crippen molar-refractivity contribution < 1.29 is 24.5 Å². The molecule has 1 aliphatic heterocycles. The summed E-state index contributed by atoms with van der Waals surface area (Å²) in [5.41, 5.74) is 2.22. The molecule has 1 aromatic carbocycles. The van der Waals surface area contributed by atoms with Crippen LogP contribution in [0.4, 0.5) is 0 Å². The Morgan fingerprint density at radius 3 is 2.42 bits per heavy atom. The Balaban J connectivity index is 0.000000366. The number of hydrogen-bond acceptors (Lipinski definition) is 6. The number of benzene rings is 1. The fraction of sp³-hybridized carbons (Fsp3) is 0.409. The molecule has 166 valence electrons. The summed E-state index contributed by atoms with van der Waals surface area (Å²) in [5, 5.41) is 15.6. The van der Waals surface area contributed by atoms with Crippen LogP contribution >= 0.6 is 0 Å². The monoisotopic (exact) mass is 428 g/mol. The second-order valence-corrected chi connectivity index (χ2v) is 7.01. The first-order valence-corrected chi connectivity index (χ1v) is 9.91. The van der Waals surface area contributed by atoms with Crippen molar-refractivity contribution in [2.45, 2.75) is 13.1 Å². The van der Waals surface area contributed by atoms with E-state index in [2.05, 4.69) is 45.5 Å². The molecule has 1 saturated heterocycles. The van der Waals surface area contributed by atoms with Crippen LogP contribution in [0.25, 0.3) is 11.0 Å². The van der Waals surface area contributed by atoms with Gasteiger partial charge >= 0.3 is 11.9 Å². The zero-order valence-corrected chi connectivity index (χ0v) is 17.6. The van der Waals surface area contributed by atoms with Crippen LogP contribution in [0.5, 0.6) is 0 Å². The molecule has 0 bridgehead atoms. The molecule has 0 amide bonds. The summed E-state index contributed by atoms with van der Waals surface area (Å²) >= 11 is 0. The lowest BCUT2D eigenvalue weighted by Crippen LogP contribution is -2.44. The number of carboxylic acids is 2. The van der Waals surface area contributed by atoms with E-state index >= 15 is 0 Å². The van der Waals surface area contributed by atoms with Gasteiger partial charge in [0.15, 0.2) is 0 Å². The SMILES string of the molecule is C#CCOCCn1c(CN2CCN(C)CC2)nc2ccccc21.O=C(O)/C=C/C(=O)O. The predicted octanol–water partition coefficient (Wildman–Crippen LogP) is 1.15. The highest BCUT2D eigenvalue weighted by molar-refractivity contribution is 5.89. The van der Waals surface area contributed by atoms with Gasteiger partial charge in [-0.3, -0.25) is 4.90 Å². The van der Waals surface area contributed by atoms with Crippen LogP contribution in [0, 0.1) is 12.3 Å². The standard InChI is InChI=1S/C18H24N4O.C4H4O4/c1-3-13-23-14-12-22-17-7-5-4-6-16(17)19-18(22)15-21-10-8-20(2)9-11-21;5-3(6)1-2-4(7)8/h1,4-7H,8-15H2,2H3;1-2H,(H,5,6)(H,7,8)/b;2-1+. The van der Waals surface area contributed by atoms with Crippen molar-refractivity contribution in [2.24, 2.45) is 0 Å². The minimum atomic E-state index is -1.26. The Labute approximate surface area is 181 Å². The molecular weight excluding hydrogens is 400 g/mol. The number of rotatable bonds is 8. The maximum atomic E-state index is 9.55. The molecule has 1 aromatic heterocycles. The number of nitrogens with zero attached hydrogens (tertiary/aromatic N) is 4. The zero-order chi connectivity index (χ0) is 22.6. The Hall–Kier alpha value is -3.19. The number of fused-ring (bicyclic) bond motifs is 1. The van der Waals surface area contributed by atoms with Crippen molar-refractivity contribution in [3.05, 3.63) is 42.2 Å². The normalized spacial score (nSPS) is 14.8. The number of para-hydroxylation sites is 2. The second kappa shape index (κ2) is 12.5. The average Bonchev–Trinajstić information content (AvgIpc) is 3.09. The Morgan fingerprint density at radius 1 is 1.16 bits per heavy atom. The maximum Gasteiger partial charge on any atom is 0.328 e. The van der Waals surface area contributed by atoms with Crippen molar-refractivity contribution in [1.29, 1.82) is 0 Å². The summed E-state index contributed by atoms with van der Waals surface area (Å²) in [7, 11) is 2.18. The summed E-state index contributed by atoms with van der Waals surface area (Å²) in [5.74, 6) is 1.11. The van der Waals surface area contributed by atoms with Crippen molar-refractivity contribution >= 4 is 23.0 Å². The number of hydrogen-bond donors (Lipinski definition) is 2.